The van der Waals surface area contributed by atoms with Crippen molar-refractivity contribution < 1.29 is 0 Å². The number of halogens is 1. The Morgan fingerprint density at radius 3 is 2.78 bits per heavy atom. The molecule has 0 aliphatic carbocycles. The first-order valence-electron chi connectivity index (χ1n) is 5.86. The van der Waals surface area contributed by atoms with Crippen molar-refractivity contribution >= 4 is 34.3 Å². The minimum Gasteiger partial charge on any atom is -0.302 e. The average molecular weight is 298 g/mol. The van der Waals surface area contributed by atoms with Crippen LogP contribution in [-0.2, 0) is 0 Å². The van der Waals surface area contributed by atoms with Crippen molar-refractivity contribution in [1.82, 2.24) is 5.32 Å². The molecule has 0 amide bonds. The first kappa shape index (κ1) is 13.8. The molecular formula is C14H16ClNS2. The number of nitrogens with one attached hydrogen (secondary N) is 1. The highest BCUT2D eigenvalue weighted by atomic mass is 35.5. The maximum atomic E-state index is 6.04. The van der Waals surface area contributed by atoms with E-state index in [2.05, 4.69) is 42.4 Å². The van der Waals surface area contributed by atoms with Crippen LogP contribution in [-0.4, -0.2) is 6.04 Å². The SMILES string of the molecule is C=CCC(C)NC(c1cccs1)c1ccc(Cl)s1. The zero-order valence-electron chi connectivity index (χ0n) is 10.2. The highest BCUT2D eigenvalue weighted by Crippen LogP contribution is 2.33. The number of rotatable bonds is 6. The first-order valence-corrected chi connectivity index (χ1v) is 7.93. The largest absolute Gasteiger partial charge is 0.302 e. The van der Waals surface area contributed by atoms with Crippen LogP contribution in [0.5, 0.6) is 0 Å². The van der Waals surface area contributed by atoms with E-state index < -0.39 is 0 Å². The summed E-state index contributed by atoms with van der Waals surface area (Å²) < 4.78 is 0.838. The van der Waals surface area contributed by atoms with Crippen molar-refractivity contribution in [1.29, 1.82) is 0 Å². The zero-order chi connectivity index (χ0) is 13.0. The maximum absolute atomic E-state index is 6.04. The lowest BCUT2D eigenvalue weighted by molar-refractivity contribution is 0.511. The Balaban J connectivity index is 2.21. The molecule has 1 N–H and O–H groups in total. The third-order valence-electron chi connectivity index (χ3n) is 2.68. The van der Waals surface area contributed by atoms with Gasteiger partial charge in [0.25, 0.3) is 0 Å². The highest BCUT2D eigenvalue weighted by molar-refractivity contribution is 7.16. The second-order valence-corrected chi connectivity index (χ2v) is 6.91. The van der Waals surface area contributed by atoms with Gasteiger partial charge in [0, 0.05) is 15.8 Å². The molecule has 0 aromatic carbocycles. The predicted octanol–water partition coefficient (Wildman–Crippen LogP) is 5.11. The van der Waals surface area contributed by atoms with E-state index >= 15 is 0 Å². The molecular weight excluding hydrogens is 282 g/mol. The molecule has 2 atom stereocenters. The molecule has 18 heavy (non-hydrogen) atoms. The highest BCUT2D eigenvalue weighted by Gasteiger charge is 2.18. The summed E-state index contributed by atoms with van der Waals surface area (Å²) in [5.41, 5.74) is 0. The number of thiophene rings is 2. The van der Waals surface area contributed by atoms with E-state index in [-0.39, 0.29) is 6.04 Å². The van der Waals surface area contributed by atoms with Gasteiger partial charge in [0.05, 0.1) is 10.4 Å². The monoisotopic (exact) mass is 297 g/mol. The Hall–Kier alpha value is -0.610. The summed E-state index contributed by atoms with van der Waals surface area (Å²) in [4.78, 5) is 2.59. The van der Waals surface area contributed by atoms with Crippen LogP contribution in [0.2, 0.25) is 4.34 Å². The quantitative estimate of drug-likeness (QED) is 0.731. The molecule has 2 heterocycles. The van der Waals surface area contributed by atoms with Crippen molar-refractivity contribution in [3.8, 4) is 0 Å². The zero-order valence-corrected chi connectivity index (χ0v) is 12.6. The Bertz CT molecular complexity index is 490. The molecule has 2 unspecified atom stereocenters. The van der Waals surface area contributed by atoms with Gasteiger partial charge in [-0.1, -0.05) is 23.7 Å². The molecule has 0 bridgehead atoms. The van der Waals surface area contributed by atoms with Crippen LogP contribution in [0.3, 0.4) is 0 Å². The smallest absolute Gasteiger partial charge is 0.0931 e. The van der Waals surface area contributed by atoms with Crippen LogP contribution in [0, 0.1) is 0 Å². The second kappa shape index (κ2) is 6.53. The summed E-state index contributed by atoms with van der Waals surface area (Å²) in [6, 6.07) is 8.94. The van der Waals surface area contributed by atoms with Crippen LogP contribution in [0.25, 0.3) is 0 Å². The lowest BCUT2D eigenvalue weighted by Gasteiger charge is -2.20. The third kappa shape index (κ3) is 3.45. The summed E-state index contributed by atoms with van der Waals surface area (Å²) in [5, 5.41) is 5.75. The van der Waals surface area contributed by atoms with Gasteiger partial charge in [-0.2, -0.15) is 0 Å². The molecule has 0 aliphatic heterocycles. The maximum Gasteiger partial charge on any atom is 0.0931 e. The van der Waals surface area contributed by atoms with E-state index in [1.54, 1.807) is 22.7 Å². The molecule has 2 aromatic rings. The lowest BCUT2D eigenvalue weighted by atomic mass is 10.1. The van der Waals surface area contributed by atoms with Crippen molar-refractivity contribution in [2.45, 2.75) is 25.4 Å². The second-order valence-electron chi connectivity index (χ2n) is 4.18. The normalized spacial score (nSPS) is 14.3. The van der Waals surface area contributed by atoms with E-state index in [0.717, 1.165) is 10.8 Å². The van der Waals surface area contributed by atoms with Gasteiger partial charge in [0.15, 0.2) is 0 Å². The van der Waals surface area contributed by atoms with Gasteiger partial charge in [-0.15, -0.1) is 29.3 Å². The molecule has 0 radical (unpaired) electrons. The van der Waals surface area contributed by atoms with E-state index in [1.165, 1.54) is 9.75 Å². The van der Waals surface area contributed by atoms with Crippen molar-refractivity contribution in [3.63, 3.8) is 0 Å². The molecule has 0 fully saturated rings. The number of hydrogen-bond donors (Lipinski definition) is 1. The summed E-state index contributed by atoms with van der Waals surface area (Å²) in [5.74, 6) is 0. The Kier molecular flexibility index (Phi) is 5.01. The topological polar surface area (TPSA) is 12.0 Å². The van der Waals surface area contributed by atoms with E-state index in [1.807, 2.05) is 12.1 Å². The van der Waals surface area contributed by atoms with E-state index in [9.17, 15) is 0 Å². The standard InChI is InChI=1S/C14H16ClNS2/c1-3-5-10(2)16-14(11-6-4-9-17-11)12-7-8-13(15)18-12/h3-4,6-10,14,16H,1,5H2,2H3. The summed E-state index contributed by atoms with van der Waals surface area (Å²) in [6.07, 6.45) is 2.91. The first-order chi connectivity index (χ1) is 8.70. The summed E-state index contributed by atoms with van der Waals surface area (Å²) in [6.45, 7) is 5.97. The van der Waals surface area contributed by atoms with Crippen LogP contribution in [0.1, 0.15) is 29.1 Å². The average Bonchev–Trinajstić information content (AvgIpc) is 2.97. The third-order valence-corrected chi connectivity index (χ3v) is 4.91. The van der Waals surface area contributed by atoms with E-state index in [0.29, 0.717) is 6.04 Å². The van der Waals surface area contributed by atoms with Gasteiger partial charge >= 0.3 is 0 Å². The van der Waals surface area contributed by atoms with Crippen molar-refractivity contribution in [2.24, 2.45) is 0 Å². The summed E-state index contributed by atoms with van der Waals surface area (Å²) >= 11 is 9.45. The molecule has 96 valence electrons. The molecule has 2 rings (SSSR count). The Labute approximate surface area is 121 Å². The Morgan fingerprint density at radius 1 is 1.39 bits per heavy atom. The van der Waals surface area contributed by atoms with Gasteiger partial charge < -0.3 is 5.32 Å². The minimum absolute atomic E-state index is 0.234. The molecule has 4 heteroatoms. The van der Waals surface area contributed by atoms with Gasteiger partial charge in [-0.25, -0.2) is 0 Å². The molecule has 0 saturated heterocycles. The molecule has 0 aliphatic rings. The van der Waals surface area contributed by atoms with Gasteiger partial charge in [-0.05, 0) is 36.9 Å². The lowest BCUT2D eigenvalue weighted by Crippen LogP contribution is -2.29. The van der Waals surface area contributed by atoms with Crippen LogP contribution >= 0.6 is 34.3 Å². The van der Waals surface area contributed by atoms with Crippen molar-refractivity contribution in [2.75, 3.05) is 0 Å². The fourth-order valence-electron chi connectivity index (χ4n) is 1.85. The number of hydrogen-bond acceptors (Lipinski definition) is 3. The molecule has 1 nitrogen and oxygen atoms in total. The van der Waals surface area contributed by atoms with Crippen LogP contribution in [0.15, 0.2) is 42.3 Å². The molecule has 2 aromatic heterocycles. The Morgan fingerprint density at radius 2 is 2.22 bits per heavy atom. The van der Waals surface area contributed by atoms with Crippen LogP contribution in [0.4, 0.5) is 0 Å². The van der Waals surface area contributed by atoms with Crippen molar-refractivity contribution in [3.05, 3.63) is 56.4 Å². The van der Waals surface area contributed by atoms with Gasteiger partial charge in [0.1, 0.15) is 0 Å². The summed E-state index contributed by atoms with van der Waals surface area (Å²) in [7, 11) is 0. The molecule has 0 saturated carbocycles. The van der Waals surface area contributed by atoms with E-state index in [4.69, 9.17) is 11.6 Å². The fraction of sp³-hybridized carbons (Fsp3) is 0.286. The fourth-order valence-corrected chi connectivity index (χ4v) is 3.86. The van der Waals surface area contributed by atoms with Gasteiger partial charge in [-0.3, -0.25) is 0 Å². The van der Waals surface area contributed by atoms with Crippen LogP contribution < -0.4 is 5.32 Å². The van der Waals surface area contributed by atoms with Gasteiger partial charge in [0.2, 0.25) is 0 Å². The molecule has 0 spiro atoms. The predicted molar refractivity (Wildman–Crippen MR) is 82.9 cm³/mol. The minimum atomic E-state index is 0.234.